The Bertz CT molecular complexity index is 396. The highest BCUT2D eigenvalue weighted by Gasteiger charge is 2.11. The first-order valence-electron chi connectivity index (χ1n) is 7.44. The first-order valence-corrected chi connectivity index (χ1v) is 7.44. The molecule has 0 fully saturated rings. The molecule has 0 spiro atoms. The quantitative estimate of drug-likeness (QED) is 0.612. The van der Waals surface area contributed by atoms with Crippen LogP contribution in [0.2, 0.25) is 0 Å². The molecule has 5 nitrogen and oxygen atoms in total. The molecule has 2 N–H and O–H groups in total. The van der Waals surface area contributed by atoms with E-state index in [1.54, 1.807) is 14.0 Å². The summed E-state index contributed by atoms with van der Waals surface area (Å²) in [5, 5.41) is 12.6. The van der Waals surface area contributed by atoms with Gasteiger partial charge < -0.3 is 24.6 Å². The summed E-state index contributed by atoms with van der Waals surface area (Å²) in [5.41, 5.74) is 1.04. The molecule has 1 aromatic carbocycles. The van der Waals surface area contributed by atoms with Crippen LogP contribution in [0.3, 0.4) is 0 Å². The Morgan fingerprint density at radius 1 is 1.24 bits per heavy atom. The first-order chi connectivity index (χ1) is 10.2. The lowest BCUT2D eigenvalue weighted by atomic mass is 10.2. The number of para-hydroxylation sites is 1. The number of methoxy groups -OCH3 is 1. The van der Waals surface area contributed by atoms with Crippen molar-refractivity contribution in [3.05, 3.63) is 23.8 Å². The summed E-state index contributed by atoms with van der Waals surface area (Å²) in [5.74, 6) is 1.50. The largest absolute Gasteiger partial charge is 0.490 e. The minimum absolute atomic E-state index is 0.368. The second kappa shape index (κ2) is 10.4. The number of ether oxygens (including phenoxy) is 3. The maximum atomic E-state index is 9.34. The van der Waals surface area contributed by atoms with E-state index in [0.717, 1.165) is 23.6 Å². The van der Waals surface area contributed by atoms with Gasteiger partial charge in [-0.25, -0.2) is 0 Å². The van der Waals surface area contributed by atoms with Gasteiger partial charge in [-0.05, 0) is 19.9 Å². The zero-order valence-corrected chi connectivity index (χ0v) is 13.2. The Hall–Kier alpha value is -1.30. The van der Waals surface area contributed by atoms with Crippen LogP contribution in [0.25, 0.3) is 0 Å². The van der Waals surface area contributed by atoms with Crippen LogP contribution in [0.4, 0.5) is 0 Å². The summed E-state index contributed by atoms with van der Waals surface area (Å²) in [6.07, 6.45) is 0.226. The monoisotopic (exact) mass is 297 g/mol. The average Bonchev–Trinajstić information content (AvgIpc) is 2.46. The Balaban J connectivity index is 2.71. The van der Waals surface area contributed by atoms with Crippen molar-refractivity contribution >= 4 is 0 Å². The smallest absolute Gasteiger partial charge is 0.165 e. The van der Waals surface area contributed by atoms with Crippen LogP contribution in [-0.4, -0.2) is 44.7 Å². The zero-order valence-electron chi connectivity index (χ0n) is 13.2. The van der Waals surface area contributed by atoms with Gasteiger partial charge in [0.05, 0.1) is 25.9 Å². The van der Waals surface area contributed by atoms with Crippen molar-refractivity contribution in [3.63, 3.8) is 0 Å². The highest BCUT2D eigenvalue weighted by atomic mass is 16.5. The molecular formula is C16H27NO4. The van der Waals surface area contributed by atoms with E-state index in [4.69, 9.17) is 14.2 Å². The van der Waals surface area contributed by atoms with Crippen molar-refractivity contribution in [3.8, 4) is 11.5 Å². The molecule has 0 heterocycles. The van der Waals surface area contributed by atoms with E-state index in [1.165, 1.54) is 0 Å². The molecule has 0 aliphatic heterocycles. The van der Waals surface area contributed by atoms with Crippen LogP contribution in [-0.2, 0) is 11.3 Å². The van der Waals surface area contributed by atoms with Gasteiger partial charge in [0.25, 0.3) is 0 Å². The Morgan fingerprint density at radius 2 is 2.05 bits per heavy atom. The van der Waals surface area contributed by atoms with Gasteiger partial charge in [-0.2, -0.15) is 0 Å². The molecule has 0 aliphatic rings. The molecular weight excluding hydrogens is 270 g/mol. The van der Waals surface area contributed by atoms with E-state index < -0.39 is 0 Å². The van der Waals surface area contributed by atoms with E-state index in [-0.39, 0.29) is 6.10 Å². The van der Waals surface area contributed by atoms with Crippen LogP contribution in [0.15, 0.2) is 18.2 Å². The van der Waals surface area contributed by atoms with Gasteiger partial charge in [0.1, 0.15) is 0 Å². The van der Waals surface area contributed by atoms with Gasteiger partial charge in [0, 0.05) is 32.2 Å². The summed E-state index contributed by atoms with van der Waals surface area (Å²) in [4.78, 5) is 0. The number of benzene rings is 1. The van der Waals surface area contributed by atoms with Crippen molar-refractivity contribution < 1.29 is 19.3 Å². The Kier molecular flexibility index (Phi) is 8.82. The fourth-order valence-corrected chi connectivity index (χ4v) is 1.86. The second-order valence-corrected chi connectivity index (χ2v) is 4.83. The number of hydrogen-bond donors (Lipinski definition) is 2. The van der Waals surface area contributed by atoms with Gasteiger partial charge in [-0.1, -0.05) is 12.1 Å². The molecule has 1 rings (SSSR count). The van der Waals surface area contributed by atoms with Crippen LogP contribution in [0, 0.1) is 0 Å². The summed E-state index contributed by atoms with van der Waals surface area (Å²) in [6.45, 7) is 6.90. The number of hydrogen-bond acceptors (Lipinski definition) is 5. The van der Waals surface area contributed by atoms with Gasteiger partial charge >= 0.3 is 0 Å². The standard InChI is InChI=1S/C16H27NO4/c1-4-20-15-7-5-6-14(12-17-9-11-19-3)16(15)21-10-8-13(2)18/h5-7,13,17-18H,4,8-12H2,1-3H3. The molecule has 1 unspecified atom stereocenters. The topological polar surface area (TPSA) is 60.0 Å². The summed E-state index contributed by atoms with van der Waals surface area (Å²) in [7, 11) is 1.68. The predicted molar refractivity (Wildman–Crippen MR) is 83.0 cm³/mol. The molecule has 0 bridgehead atoms. The number of nitrogens with one attached hydrogen (secondary N) is 1. The van der Waals surface area contributed by atoms with Crippen LogP contribution >= 0.6 is 0 Å². The number of aliphatic hydroxyl groups excluding tert-OH is 1. The minimum Gasteiger partial charge on any atom is -0.490 e. The van der Waals surface area contributed by atoms with Crippen molar-refractivity contribution in [2.75, 3.05) is 33.5 Å². The minimum atomic E-state index is -0.368. The second-order valence-electron chi connectivity index (χ2n) is 4.83. The van der Waals surface area contributed by atoms with Crippen molar-refractivity contribution in [2.24, 2.45) is 0 Å². The third-order valence-corrected chi connectivity index (χ3v) is 2.94. The van der Waals surface area contributed by atoms with Gasteiger partial charge in [0.15, 0.2) is 11.5 Å². The zero-order chi connectivity index (χ0) is 15.5. The SMILES string of the molecule is CCOc1cccc(CNCCOC)c1OCCC(C)O. The summed E-state index contributed by atoms with van der Waals surface area (Å²) < 4.78 is 16.5. The highest BCUT2D eigenvalue weighted by Crippen LogP contribution is 2.31. The van der Waals surface area contributed by atoms with E-state index in [2.05, 4.69) is 5.32 Å². The molecule has 1 atom stereocenters. The molecule has 120 valence electrons. The van der Waals surface area contributed by atoms with Crippen molar-refractivity contribution in [2.45, 2.75) is 32.9 Å². The van der Waals surface area contributed by atoms with Gasteiger partial charge in [0.2, 0.25) is 0 Å². The highest BCUT2D eigenvalue weighted by molar-refractivity contribution is 5.46. The fourth-order valence-electron chi connectivity index (χ4n) is 1.86. The maximum Gasteiger partial charge on any atom is 0.165 e. The van der Waals surface area contributed by atoms with E-state index in [0.29, 0.717) is 32.8 Å². The van der Waals surface area contributed by atoms with Crippen LogP contribution in [0.1, 0.15) is 25.8 Å². The van der Waals surface area contributed by atoms with Crippen LogP contribution in [0.5, 0.6) is 11.5 Å². The van der Waals surface area contributed by atoms with Crippen molar-refractivity contribution in [1.29, 1.82) is 0 Å². The maximum absolute atomic E-state index is 9.34. The van der Waals surface area contributed by atoms with E-state index in [9.17, 15) is 5.11 Å². The molecule has 0 aromatic heterocycles. The predicted octanol–water partition coefficient (Wildman–Crippen LogP) is 1.97. The molecule has 1 aromatic rings. The number of rotatable bonds is 11. The van der Waals surface area contributed by atoms with Crippen LogP contribution < -0.4 is 14.8 Å². The first kappa shape index (κ1) is 17.8. The fraction of sp³-hybridized carbons (Fsp3) is 0.625. The molecule has 5 heteroatoms. The summed E-state index contributed by atoms with van der Waals surface area (Å²) >= 11 is 0. The average molecular weight is 297 g/mol. The third kappa shape index (κ3) is 6.80. The molecule has 0 saturated heterocycles. The Labute approximate surface area is 127 Å². The molecule has 0 saturated carbocycles. The van der Waals surface area contributed by atoms with Crippen molar-refractivity contribution in [1.82, 2.24) is 5.32 Å². The normalized spacial score (nSPS) is 12.2. The molecule has 21 heavy (non-hydrogen) atoms. The Morgan fingerprint density at radius 3 is 2.71 bits per heavy atom. The number of aliphatic hydroxyl groups is 1. The van der Waals surface area contributed by atoms with Gasteiger partial charge in [-0.15, -0.1) is 0 Å². The third-order valence-electron chi connectivity index (χ3n) is 2.94. The molecule has 0 amide bonds. The van der Waals surface area contributed by atoms with E-state index in [1.807, 2.05) is 25.1 Å². The van der Waals surface area contributed by atoms with E-state index >= 15 is 0 Å². The molecule has 0 aliphatic carbocycles. The molecule has 0 radical (unpaired) electrons. The lowest BCUT2D eigenvalue weighted by Crippen LogP contribution is -2.19. The lowest BCUT2D eigenvalue weighted by Gasteiger charge is -2.17. The summed E-state index contributed by atoms with van der Waals surface area (Å²) in [6, 6.07) is 5.87. The van der Waals surface area contributed by atoms with Gasteiger partial charge in [-0.3, -0.25) is 0 Å². The lowest BCUT2D eigenvalue weighted by molar-refractivity contribution is 0.153.